The summed E-state index contributed by atoms with van der Waals surface area (Å²) in [5, 5.41) is 1.21. The van der Waals surface area contributed by atoms with Crippen molar-refractivity contribution in [3.8, 4) is 0 Å². The van der Waals surface area contributed by atoms with Crippen molar-refractivity contribution in [2.45, 2.75) is 25.7 Å². The van der Waals surface area contributed by atoms with Crippen LogP contribution in [0.15, 0.2) is 66.7 Å². The minimum Gasteiger partial charge on any atom is -0.248 e. The Balaban J connectivity index is 1.87. The predicted molar refractivity (Wildman–Crippen MR) is 93.5 cm³/mol. The van der Waals surface area contributed by atoms with Crippen LogP contribution >= 0.6 is 0 Å². The molecular formula is C21H19N. The molecule has 0 unspecified atom stereocenters. The van der Waals surface area contributed by atoms with E-state index in [0.717, 1.165) is 24.1 Å². The average Bonchev–Trinajstić information content (AvgIpc) is 2.62. The molecule has 1 aliphatic rings. The summed E-state index contributed by atoms with van der Waals surface area (Å²) >= 11 is 0. The molecule has 0 atom stereocenters. The Morgan fingerprint density at radius 2 is 1.36 bits per heavy atom. The number of pyridine rings is 1. The molecule has 1 aliphatic carbocycles. The lowest BCUT2D eigenvalue weighted by atomic mass is 9.85. The first-order valence-electron chi connectivity index (χ1n) is 8.05. The minimum absolute atomic E-state index is 1.09. The molecule has 0 N–H and O–H groups in total. The lowest BCUT2D eigenvalue weighted by Crippen LogP contribution is -2.01. The second kappa shape index (κ2) is 5.76. The Kier molecular flexibility index (Phi) is 3.48. The van der Waals surface area contributed by atoms with Gasteiger partial charge in [-0.05, 0) is 54.5 Å². The fourth-order valence-corrected chi connectivity index (χ4v) is 3.38. The Bertz CT molecular complexity index is 831. The Labute approximate surface area is 131 Å². The van der Waals surface area contributed by atoms with Gasteiger partial charge in [0.15, 0.2) is 0 Å². The molecule has 0 saturated carbocycles. The van der Waals surface area contributed by atoms with Crippen LogP contribution in [0, 0.1) is 0 Å². The highest BCUT2D eigenvalue weighted by atomic mass is 14.7. The third-order valence-corrected chi connectivity index (χ3v) is 4.50. The maximum Gasteiger partial charge on any atom is 0.0709 e. The highest BCUT2D eigenvalue weighted by Gasteiger charge is 2.16. The van der Waals surface area contributed by atoms with Crippen molar-refractivity contribution in [2.24, 2.45) is 0 Å². The summed E-state index contributed by atoms with van der Waals surface area (Å²) in [5.74, 6) is 0. The monoisotopic (exact) mass is 285 g/mol. The molecule has 3 aromatic rings. The lowest BCUT2D eigenvalue weighted by molar-refractivity contribution is 0.751. The van der Waals surface area contributed by atoms with Crippen LogP contribution in [0.3, 0.4) is 0 Å². The number of hydrogen-bond donors (Lipinski definition) is 0. The molecule has 22 heavy (non-hydrogen) atoms. The van der Waals surface area contributed by atoms with Crippen LogP contribution in [0.1, 0.15) is 36.9 Å². The van der Waals surface area contributed by atoms with Crippen LogP contribution in [-0.2, 0) is 0 Å². The van der Waals surface area contributed by atoms with Crippen molar-refractivity contribution in [2.75, 3.05) is 0 Å². The standard InChI is InChI=1S/C21H19N/c1-2-8-16(9-3-1)18-11-5-6-12-19(18)21-15-14-17-10-4-7-13-20(17)22-21/h1-4,7-10,13-15H,5-6,11-12H2. The van der Waals surface area contributed by atoms with Gasteiger partial charge in [-0.1, -0.05) is 54.6 Å². The van der Waals surface area contributed by atoms with E-state index in [0.29, 0.717) is 0 Å². The molecule has 4 rings (SSSR count). The van der Waals surface area contributed by atoms with Gasteiger partial charge >= 0.3 is 0 Å². The zero-order chi connectivity index (χ0) is 14.8. The molecule has 1 aromatic heterocycles. The highest BCUT2D eigenvalue weighted by molar-refractivity contribution is 5.92. The molecule has 1 heteroatoms. The first kappa shape index (κ1) is 13.3. The summed E-state index contributed by atoms with van der Waals surface area (Å²) in [5.41, 5.74) is 6.51. The Hall–Kier alpha value is -2.41. The normalized spacial score (nSPS) is 15.3. The van der Waals surface area contributed by atoms with E-state index in [-0.39, 0.29) is 0 Å². The second-order valence-electron chi connectivity index (χ2n) is 5.92. The van der Waals surface area contributed by atoms with E-state index in [1.54, 1.807) is 0 Å². The number of fused-ring (bicyclic) bond motifs is 1. The first-order chi connectivity index (χ1) is 10.9. The van der Waals surface area contributed by atoms with Crippen LogP contribution < -0.4 is 0 Å². The third kappa shape index (κ3) is 2.43. The van der Waals surface area contributed by atoms with Crippen LogP contribution in [0.25, 0.3) is 22.0 Å². The number of allylic oxidation sites excluding steroid dienone is 2. The SMILES string of the molecule is c1ccc(C2=C(c3ccc4ccccc4n3)CCCC2)cc1. The van der Waals surface area contributed by atoms with Crippen molar-refractivity contribution < 1.29 is 0 Å². The molecule has 2 aromatic carbocycles. The predicted octanol–water partition coefficient (Wildman–Crippen LogP) is 5.72. The zero-order valence-corrected chi connectivity index (χ0v) is 12.6. The van der Waals surface area contributed by atoms with Crippen molar-refractivity contribution in [1.82, 2.24) is 4.98 Å². The van der Waals surface area contributed by atoms with Crippen molar-refractivity contribution >= 4 is 22.0 Å². The van der Waals surface area contributed by atoms with Crippen LogP contribution in [0.5, 0.6) is 0 Å². The molecule has 108 valence electrons. The van der Waals surface area contributed by atoms with Gasteiger partial charge < -0.3 is 0 Å². The van der Waals surface area contributed by atoms with Crippen LogP contribution in [0.4, 0.5) is 0 Å². The van der Waals surface area contributed by atoms with Gasteiger partial charge in [0.05, 0.1) is 11.2 Å². The van der Waals surface area contributed by atoms with Gasteiger partial charge in [0.25, 0.3) is 0 Å². The van der Waals surface area contributed by atoms with Gasteiger partial charge in [0, 0.05) is 5.39 Å². The molecule has 0 radical (unpaired) electrons. The first-order valence-corrected chi connectivity index (χ1v) is 8.05. The van der Waals surface area contributed by atoms with E-state index in [1.165, 1.54) is 34.9 Å². The van der Waals surface area contributed by atoms with Crippen molar-refractivity contribution in [3.05, 3.63) is 78.0 Å². The Morgan fingerprint density at radius 1 is 0.636 bits per heavy atom. The topological polar surface area (TPSA) is 12.9 Å². The number of aromatic nitrogens is 1. The highest BCUT2D eigenvalue weighted by Crippen LogP contribution is 2.37. The molecule has 0 spiro atoms. The van der Waals surface area contributed by atoms with Gasteiger partial charge in [0.1, 0.15) is 0 Å². The minimum atomic E-state index is 1.09. The Morgan fingerprint density at radius 3 is 2.23 bits per heavy atom. The fraction of sp³-hybridized carbons (Fsp3) is 0.190. The number of hydrogen-bond acceptors (Lipinski definition) is 1. The summed E-state index contributed by atoms with van der Waals surface area (Å²) in [7, 11) is 0. The van der Waals surface area contributed by atoms with Gasteiger partial charge in [-0.25, -0.2) is 4.98 Å². The second-order valence-corrected chi connectivity index (χ2v) is 5.92. The summed E-state index contributed by atoms with van der Waals surface area (Å²) in [6.07, 6.45) is 4.84. The van der Waals surface area contributed by atoms with E-state index < -0.39 is 0 Å². The van der Waals surface area contributed by atoms with Crippen LogP contribution in [-0.4, -0.2) is 4.98 Å². The van der Waals surface area contributed by atoms with Gasteiger partial charge in [-0.3, -0.25) is 0 Å². The third-order valence-electron chi connectivity index (χ3n) is 4.50. The number of para-hydroxylation sites is 1. The van der Waals surface area contributed by atoms with E-state index in [2.05, 4.69) is 66.7 Å². The summed E-state index contributed by atoms with van der Waals surface area (Å²) in [6.45, 7) is 0. The molecular weight excluding hydrogens is 266 g/mol. The van der Waals surface area contributed by atoms with E-state index >= 15 is 0 Å². The van der Waals surface area contributed by atoms with Crippen molar-refractivity contribution in [1.29, 1.82) is 0 Å². The van der Waals surface area contributed by atoms with E-state index in [9.17, 15) is 0 Å². The summed E-state index contributed by atoms with van der Waals surface area (Å²) in [4.78, 5) is 4.92. The molecule has 1 nitrogen and oxygen atoms in total. The average molecular weight is 285 g/mol. The lowest BCUT2D eigenvalue weighted by Gasteiger charge is -2.20. The van der Waals surface area contributed by atoms with Crippen LogP contribution in [0.2, 0.25) is 0 Å². The summed E-state index contributed by atoms with van der Waals surface area (Å²) in [6, 6.07) is 23.5. The molecule has 0 saturated heterocycles. The van der Waals surface area contributed by atoms with Gasteiger partial charge in [0.2, 0.25) is 0 Å². The maximum absolute atomic E-state index is 4.92. The van der Waals surface area contributed by atoms with Gasteiger partial charge in [-0.2, -0.15) is 0 Å². The largest absolute Gasteiger partial charge is 0.248 e. The molecule has 0 aliphatic heterocycles. The van der Waals surface area contributed by atoms with Gasteiger partial charge in [-0.15, -0.1) is 0 Å². The number of rotatable bonds is 2. The zero-order valence-electron chi connectivity index (χ0n) is 12.6. The van der Waals surface area contributed by atoms with E-state index in [4.69, 9.17) is 4.98 Å². The molecule has 0 fully saturated rings. The number of nitrogens with zero attached hydrogens (tertiary/aromatic N) is 1. The smallest absolute Gasteiger partial charge is 0.0709 e. The quantitative estimate of drug-likeness (QED) is 0.587. The summed E-state index contributed by atoms with van der Waals surface area (Å²) < 4.78 is 0. The molecule has 0 bridgehead atoms. The molecule has 0 amide bonds. The molecule has 1 heterocycles. The maximum atomic E-state index is 4.92. The fourth-order valence-electron chi connectivity index (χ4n) is 3.38. The van der Waals surface area contributed by atoms with Crippen molar-refractivity contribution in [3.63, 3.8) is 0 Å². The number of benzene rings is 2. The van der Waals surface area contributed by atoms with E-state index in [1.807, 2.05) is 0 Å².